The van der Waals surface area contributed by atoms with Gasteiger partial charge in [-0.1, -0.05) is 12.1 Å². The van der Waals surface area contributed by atoms with Crippen LogP contribution in [0.1, 0.15) is 16.2 Å². The number of amides is 2. The number of nitrogens with zero attached hydrogens (tertiary/aromatic N) is 2. The van der Waals surface area contributed by atoms with Crippen LogP contribution in [-0.4, -0.2) is 34.6 Å². The quantitative estimate of drug-likeness (QED) is 0.600. The van der Waals surface area contributed by atoms with Crippen molar-refractivity contribution in [1.82, 2.24) is 20.6 Å². The second-order valence-corrected chi connectivity index (χ2v) is 4.35. The number of rotatable bonds is 6. The molecule has 0 spiro atoms. The highest BCUT2D eigenvalue weighted by Gasteiger charge is 2.12. The van der Waals surface area contributed by atoms with Gasteiger partial charge in [0, 0.05) is 18.5 Å². The summed E-state index contributed by atoms with van der Waals surface area (Å²) in [6.07, 6.45) is 4.78. The van der Waals surface area contributed by atoms with Gasteiger partial charge in [0.2, 0.25) is 5.91 Å². The van der Waals surface area contributed by atoms with Crippen molar-refractivity contribution in [1.29, 1.82) is 0 Å². The summed E-state index contributed by atoms with van der Waals surface area (Å²) < 4.78 is 0. The van der Waals surface area contributed by atoms with Crippen LogP contribution < -0.4 is 10.6 Å². The molecule has 0 aliphatic carbocycles. The van der Waals surface area contributed by atoms with Crippen LogP contribution in [0.4, 0.5) is 0 Å². The summed E-state index contributed by atoms with van der Waals surface area (Å²) in [5, 5.41) is 4.97. The largest absolute Gasteiger partial charge is 0.346 e. The average molecular weight is 310 g/mol. The van der Waals surface area contributed by atoms with E-state index in [2.05, 4.69) is 20.6 Å². The van der Waals surface area contributed by atoms with Gasteiger partial charge in [-0.25, -0.2) is 0 Å². The monoisotopic (exact) mass is 310 g/mol. The predicted molar refractivity (Wildman–Crippen MR) is 83.0 cm³/mol. The van der Waals surface area contributed by atoms with Crippen molar-refractivity contribution in [2.75, 3.05) is 6.54 Å². The number of carbonyl (C=O) groups is 3. The fourth-order valence-corrected chi connectivity index (χ4v) is 1.70. The lowest BCUT2D eigenvalue weighted by Gasteiger charge is -2.09. The molecule has 2 heterocycles. The molecule has 0 atom stereocenters. The van der Waals surface area contributed by atoms with Crippen LogP contribution in [0, 0.1) is 0 Å². The van der Waals surface area contributed by atoms with Crippen molar-refractivity contribution < 1.29 is 14.4 Å². The smallest absolute Gasteiger partial charge is 0.274 e. The second kappa shape index (κ2) is 8.18. The summed E-state index contributed by atoms with van der Waals surface area (Å²) in [6, 6.07) is 10.0. The Hall–Kier alpha value is -3.35. The average Bonchev–Trinajstić information content (AvgIpc) is 2.61. The Balaban J connectivity index is 2.24. The highest BCUT2D eigenvalue weighted by Crippen LogP contribution is 2.08. The van der Waals surface area contributed by atoms with E-state index in [-0.39, 0.29) is 17.9 Å². The van der Waals surface area contributed by atoms with Crippen molar-refractivity contribution in [2.24, 2.45) is 0 Å². The molecule has 2 aromatic rings. The van der Waals surface area contributed by atoms with Crippen LogP contribution >= 0.6 is 0 Å². The molecule has 2 rings (SSSR count). The van der Waals surface area contributed by atoms with Crippen LogP contribution in [0.25, 0.3) is 5.70 Å². The van der Waals surface area contributed by atoms with E-state index in [0.717, 1.165) is 0 Å². The van der Waals surface area contributed by atoms with E-state index in [1.165, 1.54) is 12.3 Å². The highest BCUT2D eigenvalue weighted by atomic mass is 16.2. The molecule has 7 heteroatoms. The molecule has 7 nitrogen and oxygen atoms in total. The molecule has 0 saturated carbocycles. The lowest BCUT2D eigenvalue weighted by atomic mass is 10.2. The first kappa shape index (κ1) is 16.0. The molecule has 2 amide bonds. The number of aromatic nitrogens is 2. The minimum Gasteiger partial charge on any atom is -0.346 e. The minimum absolute atomic E-state index is 0.112. The summed E-state index contributed by atoms with van der Waals surface area (Å²) in [5.74, 6) is -0.982. The summed E-state index contributed by atoms with van der Waals surface area (Å²) in [6.45, 7) is -0.112. The third-order valence-corrected chi connectivity index (χ3v) is 2.72. The predicted octanol–water partition coefficient (Wildman–Crippen LogP) is 0.563. The lowest BCUT2D eigenvalue weighted by Crippen LogP contribution is -2.27. The zero-order valence-electron chi connectivity index (χ0n) is 12.1. The maximum atomic E-state index is 12.2. The third-order valence-electron chi connectivity index (χ3n) is 2.72. The summed E-state index contributed by atoms with van der Waals surface area (Å²) in [7, 11) is 0. The fourth-order valence-electron chi connectivity index (χ4n) is 1.70. The Morgan fingerprint density at radius 2 is 1.65 bits per heavy atom. The van der Waals surface area contributed by atoms with Gasteiger partial charge in [-0.15, -0.1) is 0 Å². The summed E-state index contributed by atoms with van der Waals surface area (Å²) in [4.78, 5) is 42.3. The van der Waals surface area contributed by atoms with Crippen molar-refractivity contribution in [3.05, 3.63) is 66.3 Å². The first-order chi connectivity index (χ1) is 11.2. The van der Waals surface area contributed by atoms with Crippen molar-refractivity contribution >= 4 is 23.8 Å². The Labute approximate surface area is 132 Å². The van der Waals surface area contributed by atoms with Crippen molar-refractivity contribution in [3.8, 4) is 0 Å². The van der Waals surface area contributed by atoms with Crippen LogP contribution in [-0.2, 0) is 9.59 Å². The van der Waals surface area contributed by atoms with Gasteiger partial charge >= 0.3 is 0 Å². The van der Waals surface area contributed by atoms with Crippen LogP contribution in [0.3, 0.4) is 0 Å². The van der Waals surface area contributed by atoms with Crippen LogP contribution in [0.2, 0.25) is 0 Å². The van der Waals surface area contributed by atoms with Gasteiger partial charge in [0.15, 0.2) is 0 Å². The van der Waals surface area contributed by atoms with Gasteiger partial charge in [0.1, 0.15) is 12.0 Å². The van der Waals surface area contributed by atoms with Crippen molar-refractivity contribution in [3.63, 3.8) is 0 Å². The number of aldehydes is 1. The number of pyridine rings is 2. The summed E-state index contributed by atoms with van der Waals surface area (Å²) in [5.41, 5.74) is 0.838. The number of hydrogen-bond acceptors (Lipinski definition) is 5. The van der Waals surface area contributed by atoms with Crippen LogP contribution in [0.5, 0.6) is 0 Å². The van der Waals surface area contributed by atoms with E-state index in [4.69, 9.17) is 0 Å². The zero-order chi connectivity index (χ0) is 16.5. The second-order valence-electron chi connectivity index (χ2n) is 4.35. The maximum absolute atomic E-state index is 12.2. The highest BCUT2D eigenvalue weighted by molar-refractivity contribution is 6.02. The van der Waals surface area contributed by atoms with Crippen LogP contribution in [0.15, 0.2) is 54.9 Å². The number of carbonyl (C=O) groups excluding carboxylic acids is 3. The molecule has 0 aliphatic rings. The van der Waals surface area contributed by atoms with E-state index < -0.39 is 11.8 Å². The van der Waals surface area contributed by atoms with Gasteiger partial charge in [-0.3, -0.25) is 19.6 Å². The Bertz CT molecular complexity index is 715. The van der Waals surface area contributed by atoms with Gasteiger partial charge in [0.05, 0.1) is 17.9 Å². The van der Waals surface area contributed by atoms with E-state index >= 15 is 0 Å². The molecule has 0 bridgehead atoms. The van der Waals surface area contributed by atoms with Crippen molar-refractivity contribution in [2.45, 2.75) is 0 Å². The summed E-state index contributed by atoms with van der Waals surface area (Å²) >= 11 is 0. The lowest BCUT2D eigenvalue weighted by molar-refractivity contribution is -0.118. The molecule has 0 radical (unpaired) electrons. The molecular weight excluding hydrogens is 296 g/mol. The number of hydrogen-bond donors (Lipinski definition) is 2. The molecule has 0 saturated heterocycles. The molecular formula is C16H14N4O3. The SMILES string of the molecule is O=CCNC(=O)C=C(NC(=O)c1ccccn1)c1ccccn1. The zero-order valence-corrected chi connectivity index (χ0v) is 12.1. The van der Waals surface area contributed by atoms with Gasteiger partial charge < -0.3 is 15.4 Å². The topological polar surface area (TPSA) is 101 Å². The van der Waals surface area contributed by atoms with E-state index in [1.54, 1.807) is 42.6 Å². The van der Waals surface area contributed by atoms with Gasteiger partial charge in [0.25, 0.3) is 5.91 Å². The third kappa shape index (κ3) is 4.85. The molecule has 2 N–H and O–H groups in total. The minimum atomic E-state index is -0.515. The maximum Gasteiger partial charge on any atom is 0.274 e. The molecule has 0 aliphatic heterocycles. The fraction of sp³-hybridized carbons (Fsp3) is 0.0625. The molecule has 2 aromatic heterocycles. The molecule has 116 valence electrons. The van der Waals surface area contributed by atoms with E-state index in [9.17, 15) is 14.4 Å². The van der Waals surface area contributed by atoms with Gasteiger partial charge in [-0.05, 0) is 24.3 Å². The Morgan fingerprint density at radius 1 is 1.00 bits per heavy atom. The molecule has 0 fully saturated rings. The Kier molecular flexibility index (Phi) is 5.70. The number of nitrogens with one attached hydrogen (secondary N) is 2. The standard InChI is InChI=1S/C16H14N4O3/c21-10-9-19-15(22)11-14(12-5-1-3-7-17-12)20-16(23)13-6-2-4-8-18-13/h1-8,10-11H,9H2,(H,19,22)(H,20,23). The normalized spacial score (nSPS) is 10.7. The van der Waals surface area contributed by atoms with E-state index in [1.807, 2.05) is 0 Å². The molecule has 0 unspecified atom stereocenters. The first-order valence-electron chi connectivity index (χ1n) is 6.77. The Morgan fingerprint density at radius 3 is 2.22 bits per heavy atom. The van der Waals surface area contributed by atoms with E-state index in [0.29, 0.717) is 12.0 Å². The molecule has 0 aromatic carbocycles. The van der Waals surface area contributed by atoms with Gasteiger partial charge in [-0.2, -0.15) is 0 Å². The molecule has 23 heavy (non-hydrogen) atoms. The first-order valence-corrected chi connectivity index (χ1v) is 6.77.